The number of carbonyl (C=O) groups is 2. The largest absolute Gasteiger partial charge is 0.497 e. The molecule has 0 unspecified atom stereocenters. The first-order valence-electron chi connectivity index (χ1n) is 8.42. The van der Waals surface area contributed by atoms with Crippen molar-refractivity contribution >= 4 is 23.4 Å². The first-order chi connectivity index (χ1) is 12.5. The van der Waals surface area contributed by atoms with Gasteiger partial charge in [-0.05, 0) is 42.3 Å². The number of halogens is 1. The molecule has 1 N–H and O–H groups in total. The van der Waals surface area contributed by atoms with Gasteiger partial charge in [0.2, 0.25) is 5.91 Å². The van der Waals surface area contributed by atoms with Crippen LogP contribution in [0.25, 0.3) is 0 Å². The number of amides is 2. The van der Waals surface area contributed by atoms with Crippen molar-refractivity contribution in [3.8, 4) is 5.75 Å². The summed E-state index contributed by atoms with van der Waals surface area (Å²) in [6.07, 6.45) is 0.712. The van der Waals surface area contributed by atoms with Crippen molar-refractivity contribution in [1.29, 1.82) is 0 Å². The topological polar surface area (TPSA) is 58.6 Å². The van der Waals surface area contributed by atoms with Gasteiger partial charge in [-0.2, -0.15) is 0 Å². The van der Waals surface area contributed by atoms with Gasteiger partial charge in [0.05, 0.1) is 7.11 Å². The Kier molecular flexibility index (Phi) is 7.48. The molecule has 0 saturated heterocycles. The predicted octanol–water partition coefficient (Wildman–Crippen LogP) is 3.17. The Morgan fingerprint density at radius 2 is 1.88 bits per heavy atom. The SMILES string of the molecule is COc1cccc(C(=O)NCCN(CCc2cccc(Cl)c2)C(C)=O)c1. The van der Waals surface area contributed by atoms with Gasteiger partial charge in [0.1, 0.15) is 5.75 Å². The van der Waals surface area contributed by atoms with Crippen LogP contribution in [0.15, 0.2) is 48.5 Å². The highest BCUT2D eigenvalue weighted by Gasteiger charge is 2.11. The molecule has 0 fully saturated rings. The van der Waals surface area contributed by atoms with E-state index in [0.29, 0.717) is 42.4 Å². The Hall–Kier alpha value is -2.53. The monoisotopic (exact) mass is 374 g/mol. The molecule has 0 heterocycles. The number of rotatable bonds is 8. The summed E-state index contributed by atoms with van der Waals surface area (Å²) in [7, 11) is 1.56. The van der Waals surface area contributed by atoms with Gasteiger partial charge >= 0.3 is 0 Å². The molecule has 2 rings (SSSR count). The quantitative estimate of drug-likeness (QED) is 0.772. The summed E-state index contributed by atoms with van der Waals surface area (Å²) in [5.74, 6) is 0.412. The number of nitrogens with one attached hydrogen (secondary N) is 1. The van der Waals surface area contributed by atoms with E-state index in [2.05, 4.69) is 5.32 Å². The highest BCUT2D eigenvalue weighted by Crippen LogP contribution is 2.13. The van der Waals surface area contributed by atoms with E-state index in [-0.39, 0.29) is 11.8 Å². The molecule has 5 nitrogen and oxygen atoms in total. The molecule has 6 heteroatoms. The first kappa shape index (κ1) is 19.8. The molecular formula is C20H23ClN2O3. The van der Waals surface area contributed by atoms with Crippen LogP contribution < -0.4 is 10.1 Å². The fourth-order valence-electron chi connectivity index (χ4n) is 2.55. The van der Waals surface area contributed by atoms with Gasteiger partial charge in [-0.1, -0.05) is 29.8 Å². The molecule has 138 valence electrons. The molecule has 0 aliphatic heterocycles. The number of methoxy groups -OCH3 is 1. The Balaban J connectivity index is 1.84. The summed E-state index contributed by atoms with van der Waals surface area (Å²) in [6, 6.07) is 14.5. The number of hydrogen-bond donors (Lipinski definition) is 1. The van der Waals surface area contributed by atoms with Crippen LogP contribution in [-0.4, -0.2) is 43.5 Å². The summed E-state index contributed by atoms with van der Waals surface area (Å²) >= 11 is 5.98. The van der Waals surface area contributed by atoms with Gasteiger partial charge in [0.15, 0.2) is 0 Å². The summed E-state index contributed by atoms with van der Waals surface area (Å²) < 4.78 is 5.12. The molecule has 26 heavy (non-hydrogen) atoms. The molecule has 2 aromatic carbocycles. The zero-order chi connectivity index (χ0) is 18.9. The minimum atomic E-state index is -0.192. The van der Waals surface area contributed by atoms with Gasteiger partial charge < -0.3 is 15.0 Å². The van der Waals surface area contributed by atoms with E-state index in [1.807, 2.05) is 24.3 Å². The standard InChI is InChI=1S/C20H23ClN2O3/c1-15(24)23(11-9-16-5-3-7-18(21)13-16)12-10-22-20(25)17-6-4-8-19(14-17)26-2/h3-8,13-14H,9-12H2,1-2H3,(H,22,25). The fraction of sp³-hybridized carbons (Fsp3) is 0.300. The normalized spacial score (nSPS) is 10.3. The lowest BCUT2D eigenvalue weighted by atomic mass is 10.1. The summed E-state index contributed by atoms with van der Waals surface area (Å²) in [5, 5.41) is 3.52. The molecule has 0 atom stereocenters. The molecule has 2 aromatic rings. The third kappa shape index (κ3) is 6.08. The van der Waals surface area contributed by atoms with Crippen LogP contribution in [-0.2, 0) is 11.2 Å². The van der Waals surface area contributed by atoms with Crippen molar-refractivity contribution in [2.75, 3.05) is 26.7 Å². The number of carbonyl (C=O) groups excluding carboxylic acids is 2. The molecule has 0 aromatic heterocycles. The van der Waals surface area contributed by atoms with Crippen LogP contribution in [0, 0.1) is 0 Å². The van der Waals surface area contributed by atoms with Crippen molar-refractivity contribution in [3.63, 3.8) is 0 Å². The maximum Gasteiger partial charge on any atom is 0.251 e. The lowest BCUT2D eigenvalue weighted by molar-refractivity contribution is -0.128. The lowest BCUT2D eigenvalue weighted by Crippen LogP contribution is -2.38. The van der Waals surface area contributed by atoms with Crippen molar-refractivity contribution in [3.05, 3.63) is 64.7 Å². The van der Waals surface area contributed by atoms with Gasteiger partial charge in [-0.25, -0.2) is 0 Å². The van der Waals surface area contributed by atoms with Crippen molar-refractivity contribution < 1.29 is 14.3 Å². The lowest BCUT2D eigenvalue weighted by Gasteiger charge is -2.21. The Labute approximate surface area is 158 Å². The van der Waals surface area contributed by atoms with Crippen LogP contribution in [0.3, 0.4) is 0 Å². The van der Waals surface area contributed by atoms with E-state index in [9.17, 15) is 9.59 Å². The minimum absolute atomic E-state index is 0.0253. The minimum Gasteiger partial charge on any atom is -0.497 e. The maximum absolute atomic E-state index is 12.2. The predicted molar refractivity (Wildman–Crippen MR) is 103 cm³/mol. The average Bonchev–Trinajstić information content (AvgIpc) is 2.64. The highest BCUT2D eigenvalue weighted by molar-refractivity contribution is 6.30. The average molecular weight is 375 g/mol. The Morgan fingerprint density at radius 1 is 1.12 bits per heavy atom. The molecule has 0 spiro atoms. The van der Waals surface area contributed by atoms with Gasteiger partial charge in [0.25, 0.3) is 5.91 Å². The fourth-order valence-corrected chi connectivity index (χ4v) is 2.77. The zero-order valence-corrected chi connectivity index (χ0v) is 15.8. The Bertz CT molecular complexity index is 764. The zero-order valence-electron chi connectivity index (χ0n) is 15.0. The van der Waals surface area contributed by atoms with Crippen molar-refractivity contribution in [1.82, 2.24) is 10.2 Å². The van der Waals surface area contributed by atoms with Gasteiger partial charge in [-0.3, -0.25) is 9.59 Å². The molecule has 0 saturated carbocycles. The molecule has 0 aliphatic rings. The molecule has 0 bridgehead atoms. The van der Waals surface area contributed by atoms with Crippen molar-refractivity contribution in [2.24, 2.45) is 0 Å². The molecular weight excluding hydrogens is 352 g/mol. The molecule has 0 radical (unpaired) electrons. The van der Waals surface area contributed by atoms with E-state index < -0.39 is 0 Å². The van der Waals surface area contributed by atoms with E-state index in [4.69, 9.17) is 16.3 Å². The summed E-state index contributed by atoms with van der Waals surface area (Å²) in [6.45, 7) is 2.93. The number of benzene rings is 2. The third-order valence-electron chi connectivity index (χ3n) is 4.00. The number of hydrogen-bond acceptors (Lipinski definition) is 3. The number of nitrogens with zero attached hydrogens (tertiary/aromatic N) is 1. The van der Waals surface area contributed by atoms with E-state index >= 15 is 0 Å². The molecule has 0 aliphatic carbocycles. The Morgan fingerprint density at radius 3 is 2.58 bits per heavy atom. The van der Waals surface area contributed by atoms with E-state index in [1.54, 1.807) is 36.3 Å². The second kappa shape index (κ2) is 9.82. The van der Waals surface area contributed by atoms with Crippen LogP contribution in [0.4, 0.5) is 0 Å². The summed E-state index contributed by atoms with van der Waals surface area (Å²) in [4.78, 5) is 25.7. The first-order valence-corrected chi connectivity index (χ1v) is 8.79. The van der Waals surface area contributed by atoms with E-state index in [0.717, 1.165) is 5.56 Å². The summed E-state index contributed by atoms with van der Waals surface area (Å²) in [5.41, 5.74) is 1.60. The highest BCUT2D eigenvalue weighted by atomic mass is 35.5. The second-order valence-electron chi connectivity index (χ2n) is 5.87. The molecule has 2 amide bonds. The van der Waals surface area contributed by atoms with Crippen LogP contribution in [0.2, 0.25) is 5.02 Å². The van der Waals surface area contributed by atoms with E-state index in [1.165, 1.54) is 6.92 Å². The van der Waals surface area contributed by atoms with Crippen LogP contribution in [0.1, 0.15) is 22.8 Å². The smallest absolute Gasteiger partial charge is 0.251 e. The number of ether oxygens (including phenoxy) is 1. The van der Waals surface area contributed by atoms with Gasteiger partial charge in [-0.15, -0.1) is 0 Å². The maximum atomic E-state index is 12.2. The third-order valence-corrected chi connectivity index (χ3v) is 4.24. The van der Waals surface area contributed by atoms with Gasteiger partial charge in [0, 0.05) is 37.1 Å². The van der Waals surface area contributed by atoms with Crippen LogP contribution >= 0.6 is 11.6 Å². The second-order valence-corrected chi connectivity index (χ2v) is 6.31. The van der Waals surface area contributed by atoms with Crippen LogP contribution in [0.5, 0.6) is 5.75 Å². The van der Waals surface area contributed by atoms with Crippen molar-refractivity contribution in [2.45, 2.75) is 13.3 Å².